The van der Waals surface area contributed by atoms with E-state index in [1.54, 1.807) is 0 Å². The van der Waals surface area contributed by atoms with Gasteiger partial charge in [0.05, 0.1) is 14.2 Å². The molecule has 102 valence electrons. The molecule has 1 aromatic heterocycles. The molecule has 1 aromatic rings. The summed E-state index contributed by atoms with van der Waals surface area (Å²) >= 11 is 0. The van der Waals surface area contributed by atoms with Gasteiger partial charge in [0.2, 0.25) is 5.95 Å². The van der Waals surface area contributed by atoms with Gasteiger partial charge >= 0.3 is 12.0 Å². The summed E-state index contributed by atoms with van der Waals surface area (Å²) in [6.45, 7) is 1.69. The lowest BCUT2D eigenvalue weighted by atomic mass is 10.1. The highest BCUT2D eigenvalue weighted by Crippen LogP contribution is 2.19. The van der Waals surface area contributed by atoms with Crippen molar-refractivity contribution in [2.45, 2.75) is 18.9 Å². The van der Waals surface area contributed by atoms with Gasteiger partial charge in [-0.1, -0.05) is 0 Å². The van der Waals surface area contributed by atoms with Crippen molar-refractivity contribution in [1.82, 2.24) is 15.0 Å². The fraction of sp³-hybridized carbons (Fsp3) is 0.700. The van der Waals surface area contributed by atoms with Gasteiger partial charge < -0.3 is 20.1 Å². The zero-order chi connectivity index (χ0) is 12.3. The van der Waals surface area contributed by atoms with E-state index in [0.717, 1.165) is 25.9 Å². The lowest BCUT2D eigenvalue weighted by Gasteiger charge is -2.30. The molecule has 1 aliphatic rings. The fourth-order valence-electron chi connectivity index (χ4n) is 1.75. The topological polar surface area (TPSA) is 86.4 Å². The maximum atomic E-state index is 5.86. The molecule has 0 aliphatic carbocycles. The van der Waals surface area contributed by atoms with Crippen molar-refractivity contribution in [3.8, 4) is 12.0 Å². The van der Waals surface area contributed by atoms with E-state index in [4.69, 9.17) is 15.2 Å². The molecule has 7 nitrogen and oxygen atoms in total. The second kappa shape index (κ2) is 6.55. The second-order valence-corrected chi connectivity index (χ2v) is 3.93. The smallest absolute Gasteiger partial charge is 0.324 e. The Bertz CT molecular complexity index is 362. The average molecular weight is 276 g/mol. The van der Waals surface area contributed by atoms with Gasteiger partial charge in [-0.2, -0.15) is 9.97 Å². The van der Waals surface area contributed by atoms with Crippen LogP contribution in [0.5, 0.6) is 12.0 Å². The number of nitrogens with two attached hydrogens (primary N) is 1. The monoisotopic (exact) mass is 275 g/mol. The van der Waals surface area contributed by atoms with Crippen molar-refractivity contribution >= 4 is 18.4 Å². The summed E-state index contributed by atoms with van der Waals surface area (Å²) in [7, 11) is 3.04. The number of nitrogens with zero attached hydrogens (tertiary/aromatic N) is 4. The van der Waals surface area contributed by atoms with Crippen molar-refractivity contribution in [2.75, 3.05) is 32.2 Å². The summed E-state index contributed by atoms with van der Waals surface area (Å²) in [6.07, 6.45) is 1.88. The molecule has 0 unspecified atom stereocenters. The Morgan fingerprint density at radius 2 is 1.56 bits per heavy atom. The Morgan fingerprint density at radius 3 is 2.00 bits per heavy atom. The van der Waals surface area contributed by atoms with Crippen molar-refractivity contribution in [3.63, 3.8) is 0 Å². The minimum Gasteiger partial charge on any atom is -0.467 e. The Morgan fingerprint density at radius 1 is 1.06 bits per heavy atom. The fourth-order valence-corrected chi connectivity index (χ4v) is 1.75. The van der Waals surface area contributed by atoms with E-state index in [1.807, 2.05) is 0 Å². The van der Waals surface area contributed by atoms with Gasteiger partial charge in [0.1, 0.15) is 0 Å². The third-order valence-corrected chi connectivity index (χ3v) is 2.77. The first-order chi connectivity index (χ1) is 8.22. The number of rotatable bonds is 3. The number of ether oxygens (including phenoxy) is 2. The summed E-state index contributed by atoms with van der Waals surface area (Å²) in [5.41, 5.74) is 5.86. The van der Waals surface area contributed by atoms with Gasteiger partial charge in [-0.3, -0.25) is 0 Å². The highest BCUT2D eigenvalue weighted by atomic mass is 35.5. The molecule has 1 saturated heterocycles. The van der Waals surface area contributed by atoms with Gasteiger partial charge in [-0.05, 0) is 12.8 Å². The normalized spacial score (nSPS) is 16.1. The third kappa shape index (κ3) is 3.33. The van der Waals surface area contributed by atoms with Gasteiger partial charge in [-0.25, -0.2) is 0 Å². The van der Waals surface area contributed by atoms with E-state index in [2.05, 4.69) is 19.9 Å². The molecule has 0 atom stereocenters. The van der Waals surface area contributed by atoms with Crippen LogP contribution in [-0.2, 0) is 0 Å². The van der Waals surface area contributed by atoms with Crippen LogP contribution in [-0.4, -0.2) is 48.3 Å². The third-order valence-electron chi connectivity index (χ3n) is 2.77. The molecule has 18 heavy (non-hydrogen) atoms. The van der Waals surface area contributed by atoms with E-state index in [-0.39, 0.29) is 30.5 Å². The molecule has 0 amide bonds. The average Bonchev–Trinajstić information content (AvgIpc) is 2.39. The molecule has 0 radical (unpaired) electrons. The summed E-state index contributed by atoms with van der Waals surface area (Å²) < 4.78 is 10.0. The van der Waals surface area contributed by atoms with E-state index in [9.17, 15) is 0 Å². The number of methoxy groups -OCH3 is 2. The van der Waals surface area contributed by atoms with Crippen LogP contribution in [0, 0.1) is 0 Å². The van der Waals surface area contributed by atoms with Crippen LogP contribution in [0.3, 0.4) is 0 Å². The second-order valence-electron chi connectivity index (χ2n) is 3.93. The summed E-state index contributed by atoms with van der Waals surface area (Å²) in [6, 6.07) is 0.806. The number of halogens is 1. The molecule has 2 heterocycles. The summed E-state index contributed by atoms with van der Waals surface area (Å²) in [5.74, 6) is 0.584. The molecule has 0 saturated carbocycles. The van der Waals surface area contributed by atoms with Gasteiger partial charge in [-0.15, -0.1) is 17.4 Å². The zero-order valence-electron chi connectivity index (χ0n) is 10.5. The number of anilines is 1. The quantitative estimate of drug-likeness (QED) is 0.845. The first kappa shape index (κ1) is 14.7. The molecule has 0 bridgehead atoms. The Hall–Kier alpha value is -1.34. The first-order valence-corrected chi connectivity index (χ1v) is 5.57. The molecule has 2 rings (SSSR count). The van der Waals surface area contributed by atoms with Crippen LogP contribution in [0.2, 0.25) is 0 Å². The van der Waals surface area contributed by atoms with Gasteiger partial charge in [0, 0.05) is 19.1 Å². The molecule has 8 heteroatoms. The Balaban J connectivity index is 0.00000162. The molecule has 0 spiro atoms. The molecule has 2 N–H and O–H groups in total. The van der Waals surface area contributed by atoms with E-state index in [1.165, 1.54) is 14.2 Å². The number of aromatic nitrogens is 3. The summed E-state index contributed by atoms with van der Waals surface area (Å²) in [4.78, 5) is 14.4. The molecular formula is C10H18ClN5O2. The minimum atomic E-state index is 0. The number of piperidine rings is 1. The largest absolute Gasteiger partial charge is 0.467 e. The standard InChI is InChI=1S/C10H17N5O2.ClH/c1-16-9-12-8(13-10(14-9)17-2)15-5-3-7(11)4-6-15;/h7H,3-6,11H2,1-2H3;1H. The molecule has 1 aliphatic heterocycles. The van der Waals surface area contributed by atoms with Crippen molar-refractivity contribution in [1.29, 1.82) is 0 Å². The van der Waals surface area contributed by atoms with E-state index in [0.29, 0.717) is 5.95 Å². The minimum absolute atomic E-state index is 0. The van der Waals surface area contributed by atoms with E-state index >= 15 is 0 Å². The van der Waals surface area contributed by atoms with Crippen molar-refractivity contribution < 1.29 is 9.47 Å². The van der Waals surface area contributed by atoms with Gasteiger partial charge in [0.25, 0.3) is 0 Å². The van der Waals surface area contributed by atoms with Crippen LogP contribution >= 0.6 is 12.4 Å². The van der Waals surface area contributed by atoms with Crippen LogP contribution in [0.1, 0.15) is 12.8 Å². The maximum Gasteiger partial charge on any atom is 0.324 e. The number of hydrogen-bond acceptors (Lipinski definition) is 7. The predicted molar refractivity (Wildman–Crippen MR) is 69.6 cm³/mol. The Kier molecular flexibility index (Phi) is 5.36. The first-order valence-electron chi connectivity index (χ1n) is 5.57. The predicted octanol–water partition coefficient (Wildman–Crippen LogP) is 0.238. The molecule has 0 aromatic carbocycles. The lowest BCUT2D eigenvalue weighted by Crippen LogP contribution is -2.40. The van der Waals surface area contributed by atoms with Crippen LogP contribution < -0.4 is 20.1 Å². The molecular weight excluding hydrogens is 258 g/mol. The maximum absolute atomic E-state index is 5.86. The van der Waals surface area contributed by atoms with E-state index < -0.39 is 0 Å². The van der Waals surface area contributed by atoms with Gasteiger partial charge in [0.15, 0.2) is 0 Å². The zero-order valence-corrected chi connectivity index (χ0v) is 11.3. The van der Waals surface area contributed by atoms with Crippen molar-refractivity contribution in [3.05, 3.63) is 0 Å². The van der Waals surface area contributed by atoms with Crippen LogP contribution in [0.25, 0.3) is 0 Å². The van der Waals surface area contributed by atoms with Crippen LogP contribution in [0.15, 0.2) is 0 Å². The highest BCUT2D eigenvalue weighted by Gasteiger charge is 2.20. The highest BCUT2D eigenvalue weighted by molar-refractivity contribution is 5.85. The number of hydrogen-bond donors (Lipinski definition) is 1. The van der Waals surface area contributed by atoms with Crippen LogP contribution in [0.4, 0.5) is 5.95 Å². The SMILES string of the molecule is COc1nc(OC)nc(N2CCC(N)CC2)n1.Cl. The Labute approximate surface area is 112 Å². The lowest BCUT2D eigenvalue weighted by molar-refractivity contribution is 0.339. The molecule has 1 fully saturated rings. The summed E-state index contributed by atoms with van der Waals surface area (Å²) in [5, 5.41) is 0. The van der Waals surface area contributed by atoms with Crippen molar-refractivity contribution in [2.24, 2.45) is 5.73 Å².